The normalized spacial score (nSPS) is 18.2. The first kappa shape index (κ1) is 24.3. The molecule has 35 heavy (non-hydrogen) atoms. The standard InChI is InChI=1S/C25H32N6O4/c1-25(2,3)35-24(34)29-18-9-6-5-8-17(18)27-20-14-26-21(23(32)33)22(30-20)28-16-10-7-11-19-15(16)12-13-31(19)4/h7,10-14,17-18H,5-6,8-9H2,1-4H3,(H,29,34)(H,32,33)(H2,27,28,30)/t17-,18+/m1/s1. The van der Waals surface area contributed by atoms with Gasteiger partial charge in [-0.3, -0.25) is 0 Å². The fourth-order valence-corrected chi connectivity index (χ4v) is 4.37. The average molecular weight is 481 g/mol. The van der Waals surface area contributed by atoms with Gasteiger partial charge in [0.15, 0.2) is 11.5 Å². The zero-order valence-electron chi connectivity index (χ0n) is 20.5. The molecule has 1 fully saturated rings. The third kappa shape index (κ3) is 5.82. The molecule has 0 aliphatic heterocycles. The van der Waals surface area contributed by atoms with Gasteiger partial charge in [0, 0.05) is 35.9 Å². The van der Waals surface area contributed by atoms with Crippen molar-refractivity contribution in [2.45, 2.75) is 64.1 Å². The molecule has 0 unspecified atom stereocenters. The predicted molar refractivity (Wildman–Crippen MR) is 134 cm³/mol. The summed E-state index contributed by atoms with van der Waals surface area (Å²) >= 11 is 0. The first-order valence-electron chi connectivity index (χ1n) is 11.8. The fraction of sp³-hybridized carbons (Fsp3) is 0.440. The van der Waals surface area contributed by atoms with E-state index in [1.165, 1.54) is 6.20 Å². The number of amides is 1. The van der Waals surface area contributed by atoms with Crippen LogP contribution in [0.4, 0.5) is 22.1 Å². The van der Waals surface area contributed by atoms with Crippen molar-refractivity contribution in [3.05, 3.63) is 42.4 Å². The number of aromatic nitrogens is 3. The van der Waals surface area contributed by atoms with Gasteiger partial charge >= 0.3 is 12.1 Å². The number of carbonyl (C=O) groups excluding carboxylic acids is 1. The van der Waals surface area contributed by atoms with Crippen molar-refractivity contribution in [2.75, 3.05) is 10.6 Å². The summed E-state index contributed by atoms with van der Waals surface area (Å²) in [7, 11) is 1.95. The molecular weight excluding hydrogens is 448 g/mol. The van der Waals surface area contributed by atoms with Crippen LogP contribution in [-0.2, 0) is 11.8 Å². The number of aryl methyl sites for hydroxylation is 1. The molecule has 4 rings (SSSR count). The van der Waals surface area contributed by atoms with Crippen molar-refractivity contribution in [1.82, 2.24) is 19.9 Å². The summed E-state index contributed by atoms with van der Waals surface area (Å²) in [6, 6.07) is 7.49. The van der Waals surface area contributed by atoms with E-state index >= 15 is 0 Å². The SMILES string of the molecule is Cn1ccc2c(Nc3nc(N[C@@H]4CCCC[C@@H]4NC(=O)OC(C)(C)C)cnc3C(=O)O)cccc21. The molecule has 0 saturated heterocycles. The fourth-order valence-electron chi connectivity index (χ4n) is 4.37. The topological polar surface area (TPSA) is 130 Å². The monoisotopic (exact) mass is 480 g/mol. The molecule has 2 aromatic heterocycles. The molecule has 10 heteroatoms. The summed E-state index contributed by atoms with van der Waals surface area (Å²) in [5.74, 6) is -0.596. The number of carboxylic acids is 1. The maximum absolute atomic E-state index is 12.3. The van der Waals surface area contributed by atoms with E-state index in [0.717, 1.165) is 42.3 Å². The molecule has 1 amide bonds. The van der Waals surface area contributed by atoms with Gasteiger partial charge in [-0.1, -0.05) is 18.9 Å². The van der Waals surface area contributed by atoms with Crippen molar-refractivity contribution < 1.29 is 19.4 Å². The Morgan fingerprint density at radius 2 is 1.89 bits per heavy atom. The summed E-state index contributed by atoms with van der Waals surface area (Å²) < 4.78 is 7.41. The van der Waals surface area contributed by atoms with Crippen molar-refractivity contribution in [3.63, 3.8) is 0 Å². The Balaban J connectivity index is 1.56. The number of ether oxygens (including phenoxy) is 1. The number of carbonyl (C=O) groups is 2. The highest BCUT2D eigenvalue weighted by molar-refractivity contribution is 5.97. The number of alkyl carbamates (subject to hydrolysis) is 1. The Labute approximate surface area is 204 Å². The number of hydrogen-bond acceptors (Lipinski definition) is 7. The van der Waals surface area contributed by atoms with Crippen LogP contribution in [0.1, 0.15) is 56.9 Å². The Kier molecular flexibility index (Phi) is 6.81. The van der Waals surface area contributed by atoms with Gasteiger partial charge in [0.2, 0.25) is 0 Å². The number of aromatic carboxylic acids is 1. The maximum atomic E-state index is 12.3. The van der Waals surface area contributed by atoms with Crippen LogP contribution in [-0.4, -0.2) is 49.4 Å². The zero-order chi connectivity index (χ0) is 25.2. The van der Waals surface area contributed by atoms with Crippen molar-refractivity contribution >= 4 is 40.3 Å². The van der Waals surface area contributed by atoms with E-state index in [2.05, 4.69) is 25.9 Å². The number of benzene rings is 1. The highest BCUT2D eigenvalue weighted by Crippen LogP contribution is 2.29. The van der Waals surface area contributed by atoms with Crippen molar-refractivity contribution in [1.29, 1.82) is 0 Å². The number of carboxylic acid groups (broad SMARTS) is 1. The van der Waals surface area contributed by atoms with Gasteiger partial charge in [-0.2, -0.15) is 0 Å². The summed E-state index contributed by atoms with van der Waals surface area (Å²) in [5.41, 5.74) is 0.990. The summed E-state index contributed by atoms with van der Waals surface area (Å²) in [4.78, 5) is 32.9. The average Bonchev–Trinajstić information content (AvgIpc) is 3.16. The minimum absolute atomic E-state index is 0.0911. The molecule has 0 radical (unpaired) electrons. The highest BCUT2D eigenvalue weighted by atomic mass is 16.6. The quantitative estimate of drug-likeness (QED) is 0.401. The smallest absolute Gasteiger partial charge is 0.407 e. The van der Waals surface area contributed by atoms with E-state index in [-0.39, 0.29) is 23.6 Å². The van der Waals surface area contributed by atoms with Crippen LogP contribution in [0.2, 0.25) is 0 Å². The van der Waals surface area contributed by atoms with E-state index < -0.39 is 17.7 Å². The second-order valence-corrected chi connectivity index (χ2v) is 9.84. The first-order chi connectivity index (χ1) is 16.6. The Bertz CT molecular complexity index is 1230. The van der Waals surface area contributed by atoms with Gasteiger partial charge in [0.25, 0.3) is 0 Å². The van der Waals surface area contributed by atoms with Crippen LogP contribution in [0, 0.1) is 0 Å². The number of nitrogens with one attached hydrogen (secondary N) is 3. The lowest BCUT2D eigenvalue weighted by atomic mass is 9.90. The number of nitrogens with zero attached hydrogens (tertiary/aromatic N) is 3. The third-order valence-corrected chi connectivity index (χ3v) is 5.96. The van der Waals surface area contributed by atoms with Gasteiger partial charge in [-0.15, -0.1) is 0 Å². The molecule has 2 heterocycles. The highest BCUT2D eigenvalue weighted by Gasteiger charge is 2.29. The molecule has 1 saturated carbocycles. The summed E-state index contributed by atoms with van der Waals surface area (Å²) in [6.07, 6.45) is 6.53. The van der Waals surface area contributed by atoms with Crippen LogP contribution >= 0.6 is 0 Å². The van der Waals surface area contributed by atoms with E-state index in [0.29, 0.717) is 5.82 Å². The molecule has 0 spiro atoms. The molecule has 4 N–H and O–H groups in total. The number of fused-ring (bicyclic) bond motifs is 1. The number of rotatable bonds is 6. The van der Waals surface area contributed by atoms with Gasteiger partial charge in [-0.05, 0) is 51.8 Å². The molecule has 10 nitrogen and oxygen atoms in total. The van der Waals surface area contributed by atoms with E-state index in [9.17, 15) is 14.7 Å². The molecule has 3 aromatic rings. The Morgan fingerprint density at radius 3 is 2.60 bits per heavy atom. The van der Waals surface area contributed by atoms with Crippen LogP contribution in [0.25, 0.3) is 10.9 Å². The molecule has 2 atom stereocenters. The molecular formula is C25H32N6O4. The number of anilines is 3. The molecule has 186 valence electrons. The lowest BCUT2D eigenvalue weighted by molar-refractivity contribution is 0.0488. The van der Waals surface area contributed by atoms with Crippen LogP contribution < -0.4 is 16.0 Å². The predicted octanol–water partition coefficient (Wildman–Crippen LogP) is 4.66. The lowest BCUT2D eigenvalue weighted by Gasteiger charge is -2.33. The van der Waals surface area contributed by atoms with Gasteiger partial charge in [0.05, 0.1) is 12.2 Å². The van der Waals surface area contributed by atoms with Gasteiger partial charge < -0.3 is 30.4 Å². The number of hydrogen-bond donors (Lipinski definition) is 4. The molecule has 1 aromatic carbocycles. The van der Waals surface area contributed by atoms with Crippen LogP contribution in [0.5, 0.6) is 0 Å². The second-order valence-electron chi connectivity index (χ2n) is 9.84. The van der Waals surface area contributed by atoms with Crippen LogP contribution in [0.3, 0.4) is 0 Å². The van der Waals surface area contributed by atoms with Crippen molar-refractivity contribution in [2.24, 2.45) is 7.05 Å². The summed E-state index contributed by atoms with van der Waals surface area (Å²) in [5, 5.41) is 20.1. The van der Waals surface area contributed by atoms with Crippen LogP contribution in [0.15, 0.2) is 36.7 Å². The Morgan fingerprint density at radius 1 is 1.14 bits per heavy atom. The van der Waals surface area contributed by atoms with E-state index in [1.807, 2.05) is 62.8 Å². The second kappa shape index (κ2) is 9.81. The maximum Gasteiger partial charge on any atom is 0.407 e. The third-order valence-electron chi connectivity index (χ3n) is 5.96. The lowest BCUT2D eigenvalue weighted by Crippen LogP contribution is -2.49. The van der Waals surface area contributed by atoms with Gasteiger partial charge in [0.1, 0.15) is 11.4 Å². The largest absolute Gasteiger partial charge is 0.476 e. The van der Waals surface area contributed by atoms with E-state index in [4.69, 9.17) is 4.74 Å². The molecule has 0 bridgehead atoms. The van der Waals surface area contributed by atoms with E-state index in [1.54, 1.807) is 0 Å². The minimum atomic E-state index is -1.17. The molecule has 1 aliphatic carbocycles. The zero-order valence-corrected chi connectivity index (χ0v) is 20.5. The Hall–Kier alpha value is -3.82. The molecule has 1 aliphatic rings. The summed E-state index contributed by atoms with van der Waals surface area (Å²) in [6.45, 7) is 5.48. The van der Waals surface area contributed by atoms with Crippen molar-refractivity contribution in [3.8, 4) is 0 Å². The minimum Gasteiger partial charge on any atom is -0.476 e. The van der Waals surface area contributed by atoms with Gasteiger partial charge in [-0.25, -0.2) is 19.6 Å². The first-order valence-corrected chi connectivity index (χ1v) is 11.8.